The van der Waals surface area contributed by atoms with Gasteiger partial charge in [-0.25, -0.2) is 0 Å². The molecule has 86 heavy (non-hydrogen) atoms. The Morgan fingerprint density at radius 2 is 0.628 bits per heavy atom. The largest absolute Gasteiger partial charge is 0.305 e. The molecule has 0 radical (unpaired) electrons. The van der Waals surface area contributed by atoms with Gasteiger partial charge in [0, 0.05) is 89.5 Å². The highest BCUT2D eigenvalue weighted by Crippen LogP contribution is 2.86. The second kappa shape index (κ2) is 12.7. The van der Waals surface area contributed by atoms with Gasteiger partial charge in [0.25, 0.3) is 0 Å². The molecule has 8 heterocycles. The van der Waals surface area contributed by atoms with E-state index in [9.17, 15) is 0 Å². The first kappa shape index (κ1) is 42.8. The van der Waals surface area contributed by atoms with E-state index in [4.69, 9.17) is 19.9 Å². The van der Waals surface area contributed by atoms with Crippen molar-refractivity contribution in [2.75, 3.05) is 0 Å². The third-order valence-electron chi connectivity index (χ3n) is 32.6. The van der Waals surface area contributed by atoms with Crippen molar-refractivity contribution in [1.29, 1.82) is 0 Å². The topological polar surface area (TPSA) is 60.4 Å². The van der Waals surface area contributed by atoms with E-state index < -0.39 is 0 Å². The Morgan fingerprint density at radius 3 is 0.953 bits per heavy atom. The minimum Gasteiger partial charge on any atom is -0.305 e. The number of rotatable bonds is 3. The Balaban J connectivity index is 0.852. The summed E-state index contributed by atoms with van der Waals surface area (Å²) in [6, 6.07) is 29.5. The molecule has 4 aromatic carbocycles. The Morgan fingerprint density at radius 1 is 0.326 bits per heavy atom. The fraction of sp³-hybridized carbons (Fsp3) is 0.450. The van der Waals surface area contributed by atoms with Crippen molar-refractivity contribution < 1.29 is 0 Å². The molecule has 0 N–H and O–H groups in total. The molecule has 6 heteroatoms. The lowest BCUT2D eigenvalue weighted by molar-refractivity contribution is -0.147. The van der Waals surface area contributed by atoms with Crippen molar-refractivity contribution in [3.63, 3.8) is 0 Å². The molecular weight excluding hydrogens is 1040 g/mol. The average molecular weight is 1110 g/mol. The number of benzene rings is 4. The second-order valence-electron chi connectivity index (χ2n) is 33.5. The smallest absolute Gasteiger partial charge is 0.0728 e. The number of fused-ring (bicyclic) bond motifs is 32. The van der Waals surface area contributed by atoms with Crippen LogP contribution in [-0.2, 0) is 0 Å². The van der Waals surface area contributed by atoms with E-state index in [0.717, 1.165) is 47.3 Å². The molecule has 6 nitrogen and oxygen atoms in total. The number of hydrogen-bond acceptors (Lipinski definition) is 4. The molecule has 16 aliphatic rings. The number of nitrogens with zero attached hydrogens (tertiary/aromatic N) is 6. The standard InChI is InChI=1S/C80H64N6/c1-3-7-33(8-4-1)59-47(23-49-65-55(29-81-71-51-19-43-15-39-11-35(61(65)71)25-77(39,43)51)85-57-31-83-73-53-21-45-17-41-13-37(27-79(41,45)53)63(73)67(57)69(59)75(49)85)48-24-50-66-56(30-82-72-52-20-44-16-40-12-36(62(66)72)26-78(40,44)52)86-58-32-84-74-54-22-46-18-42-14-38(28-80(42,46)54)64(74)68(58)70(76(50)86)60(48)34-9-5-2-6-10-34/h1-10,23-24,29-32,35-46,51-54H,11-22,25-28H2. The van der Waals surface area contributed by atoms with E-state index in [0.29, 0.717) is 69.0 Å². The van der Waals surface area contributed by atoms with Gasteiger partial charge in [0.2, 0.25) is 0 Å². The Kier molecular flexibility index (Phi) is 6.33. The van der Waals surface area contributed by atoms with Crippen LogP contribution in [0.2, 0.25) is 0 Å². The lowest BCUT2D eigenvalue weighted by Crippen LogP contribution is -2.59. The average Bonchev–Trinajstić information content (AvgIpc) is 1.42. The third kappa shape index (κ3) is 3.84. The molecule has 12 aromatic rings. The molecule has 414 valence electrons. The monoisotopic (exact) mass is 1110 g/mol. The van der Waals surface area contributed by atoms with Crippen LogP contribution in [0.3, 0.4) is 0 Å². The highest BCUT2D eigenvalue weighted by atomic mass is 15.0. The summed E-state index contributed by atoms with van der Waals surface area (Å²) >= 11 is 0. The van der Waals surface area contributed by atoms with E-state index in [1.54, 1.807) is 22.3 Å². The molecule has 20 unspecified atom stereocenters. The predicted octanol–water partition coefficient (Wildman–Crippen LogP) is 18.6. The van der Waals surface area contributed by atoms with Gasteiger partial charge in [0.1, 0.15) is 0 Å². The molecule has 12 fully saturated rings. The maximum absolute atomic E-state index is 5.83. The number of hydrogen-bond donors (Lipinski definition) is 0. The van der Waals surface area contributed by atoms with Gasteiger partial charge in [0.05, 0.1) is 57.9 Å². The first-order chi connectivity index (χ1) is 42.5. The molecular formula is C80H64N6. The van der Waals surface area contributed by atoms with Crippen LogP contribution < -0.4 is 0 Å². The van der Waals surface area contributed by atoms with Crippen molar-refractivity contribution in [3.8, 4) is 33.4 Å². The molecule has 28 rings (SSSR count). The minimum atomic E-state index is 0.514. The molecule has 16 aliphatic carbocycles. The highest BCUT2D eigenvalue weighted by molar-refractivity contribution is 6.34. The summed E-state index contributed by atoms with van der Waals surface area (Å²) in [5.74, 6) is 11.9. The zero-order chi connectivity index (χ0) is 54.0. The highest BCUT2D eigenvalue weighted by Gasteiger charge is 2.76. The molecule has 12 saturated carbocycles. The summed E-state index contributed by atoms with van der Waals surface area (Å²) in [5, 5.41) is 12.1. The Hall–Kier alpha value is -6.92. The summed E-state index contributed by atoms with van der Waals surface area (Å²) in [6.07, 6.45) is 31.6. The van der Waals surface area contributed by atoms with Crippen molar-refractivity contribution in [2.45, 2.75) is 150 Å². The first-order valence-electron chi connectivity index (χ1n) is 34.8. The summed E-state index contributed by atoms with van der Waals surface area (Å²) in [5.41, 5.74) is 31.1. The lowest BCUT2D eigenvalue weighted by atomic mass is 9.37. The van der Waals surface area contributed by atoms with E-state index >= 15 is 0 Å². The summed E-state index contributed by atoms with van der Waals surface area (Å²) in [4.78, 5) is 23.3. The Bertz CT molecular complexity index is 5100. The zero-order valence-electron chi connectivity index (χ0n) is 48.5. The van der Waals surface area contributed by atoms with Crippen LogP contribution in [0.1, 0.15) is 195 Å². The van der Waals surface area contributed by atoms with Crippen molar-refractivity contribution in [3.05, 3.63) is 143 Å². The van der Waals surface area contributed by atoms with E-state index in [-0.39, 0.29) is 0 Å². The quantitative estimate of drug-likeness (QED) is 0.177. The fourth-order valence-electron chi connectivity index (χ4n) is 30.0. The van der Waals surface area contributed by atoms with Crippen molar-refractivity contribution in [2.24, 2.45) is 69.0 Å². The van der Waals surface area contributed by atoms with Crippen LogP contribution in [0.25, 0.3) is 110 Å². The zero-order valence-corrected chi connectivity index (χ0v) is 48.5. The van der Waals surface area contributed by atoms with Crippen LogP contribution >= 0.6 is 0 Å². The maximum Gasteiger partial charge on any atom is 0.0728 e. The van der Waals surface area contributed by atoms with Gasteiger partial charge >= 0.3 is 0 Å². The molecule has 8 aromatic heterocycles. The van der Waals surface area contributed by atoms with Crippen LogP contribution in [0.15, 0.2) is 97.6 Å². The van der Waals surface area contributed by atoms with E-state index in [1.165, 1.54) is 235 Å². The molecule has 0 aliphatic heterocycles. The van der Waals surface area contributed by atoms with Gasteiger partial charge < -0.3 is 8.80 Å². The van der Waals surface area contributed by atoms with Crippen LogP contribution in [-0.4, -0.2) is 28.7 Å². The number of aromatic nitrogens is 6. The van der Waals surface area contributed by atoms with Crippen LogP contribution in [0.4, 0.5) is 0 Å². The number of pyridine rings is 4. The van der Waals surface area contributed by atoms with Gasteiger partial charge in [-0.3, -0.25) is 19.9 Å². The second-order valence-corrected chi connectivity index (χ2v) is 33.5. The van der Waals surface area contributed by atoms with Gasteiger partial charge in [-0.15, -0.1) is 0 Å². The van der Waals surface area contributed by atoms with Gasteiger partial charge in [-0.05, 0) is 263 Å². The first-order valence-corrected chi connectivity index (χ1v) is 34.8. The molecule has 4 spiro atoms. The normalized spacial score (nSPS) is 41.6. The van der Waals surface area contributed by atoms with Gasteiger partial charge in [-0.1, -0.05) is 60.7 Å². The minimum absolute atomic E-state index is 0.514. The SMILES string of the molecule is c1ccc(-c2c(-c3cc4c5c6c(ncc5n5c7cnc8c(c7c(c3-c3ccccc3)c45)C3CC4CC5CC8C45C3)C3CC4CC5CC6CC543)cc3c4c5c(ncc4n4c6cnc7c(c6c2c34)C2CC3CC4CC7C34C2)C2CC3CC4CC5CC432)cc1. The van der Waals surface area contributed by atoms with Crippen molar-refractivity contribution in [1.82, 2.24) is 28.7 Å². The molecule has 8 bridgehead atoms. The van der Waals surface area contributed by atoms with Crippen LogP contribution in [0, 0.1) is 69.0 Å². The predicted molar refractivity (Wildman–Crippen MR) is 337 cm³/mol. The molecule has 20 atom stereocenters. The summed E-state index contributed by atoms with van der Waals surface area (Å²) < 4.78 is 5.53. The van der Waals surface area contributed by atoms with Gasteiger partial charge in [-0.2, -0.15) is 0 Å². The fourth-order valence-corrected chi connectivity index (χ4v) is 30.0. The lowest BCUT2D eigenvalue weighted by Gasteiger charge is -2.67. The van der Waals surface area contributed by atoms with E-state index in [1.807, 2.05) is 0 Å². The maximum atomic E-state index is 5.83. The van der Waals surface area contributed by atoms with Crippen LogP contribution in [0.5, 0.6) is 0 Å². The third-order valence-corrected chi connectivity index (χ3v) is 32.6. The summed E-state index contributed by atoms with van der Waals surface area (Å²) in [6.45, 7) is 0. The van der Waals surface area contributed by atoms with E-state index in [2.05, 4.69) is 106 Å². The Labute approximate surface area is 497 Å². The van der Waals surface area contributed by atoms with Gasteiger partial charge in [0.15, 0.2) is 0 Å². The summed E-state index contributed by atoms with van der Waals surface area (Å²) in [7, 11) is 0. The molecule has 0 saturated heterocycles. The van der Waals surface area contributed by atoms with Crippen molar-refractivity contribution >= 4 is 76.2 Å². The molecule has 0 amide bonds.